The quantitative estimate of drug-likeness (QED) is 0.406. The highest BCUT2D eigenvalue weighted by Crippen LogP contribution is 2.32. The maximum absolute atomic E-state index is 13.3. The van der Waals surface area contributed by atoms with Crippen LogP contribution in [0.5, 0.6) is 17.4 Å². The van der Waals surface area contributed by atoms with Gasteiger partial charge in [0.05, 0.1) is 7.11 Å². The molecule has 0 saturated carbocycles. The Morgan fingerprint density at radius 1 is 0.943 bits per heavy atom. The first-order chi connectivity index (χ1) is 17.0. The maximum atomic E-state index is 13.3. The second kappa shape index (κ2) is 9.62. The molecule has 1 amide bonds. The van der Waals surface area contributed by atoms with E-state index in [0.717, 1.165) is 22.2 Å². The molecule has 7 nitrogen and oxygen atoms in total. The van der Waals surface area contributed by atoms with E-state index in [1.165, 1.54) is 6.33 Å². The van der Waals surface area contributed by atoms with Crippen LogP contribution in [0.25, 0.3) is 10.8 Å². The SMILES string of the molecule is COc1cc(C)ccc1Oc1cc(N2CCN(C(=O)c3ccc4ccccc4c3)[C@H](C)C2)ncn1. The summed E-state index contributed by atoms with van der Waals surface area (Å²) in [5.41, 5.74) is 1.80. The zero-order chi connectivity index (χ0) is 24.4. The van der Waals surface area contributed by atoms with Gasteiger partial charge in [0.15, 0.2) is 11.5 Å². The molecule has 1 atom stereocenters. The van der Waals surface area contributed by atoms with Crippen LogP contribution in [0.15, 0.2) is 73.1 Å². The summed E-state index contributed by atoms with van der Waals surface area (Å²) in [5.74, 6) is 2.52. The Labute approximate surface area is 204 Å². The Bertz CT molecular complexity index is 1370. The number of carbonyl (C=O) groups excluding carboxylic acids is 1. The first kappa shape index (κ1) is 22.7. The molecular weight excluding hydrogens is 440 g/mol. The van der Waals surface area contributed by atoms with Crippen molar-refractivity contribution in [2.75, 3.05) is 31.6 Å². The van der Waals surface area contributed by atoms with Gasteiger partial charge in [0.2, 0.25) is 5.88 Å². The summed E-state index contributed by atoms with van der Waals surface area (Å²) in [5, 5.41) is 2.20. The fourth-order valence-corrected chi connectivity index (χ4v) is 4.49. The predicted octanol–water partition coefficient (Wildman–Crippen LogP) is 5.09. The van der Waals surface area contributed by atoms with Gasteiger partial charge in [-0.3, -0.25) is 4.79 Å². The number of ether oxygens (including phenoxy) is 2. The average molecular weight is 469 g/mol. The van der Waals surface area contributed by atoms with Gasteiger partial charge in [0, 0.05) is 37.3 Å². The minimum atomic E-state index is 0.0271. The van der Waals surface area contributed by atoms with E-state index in [1.54, 1.807) is 7.11 Å². The summed E-state index contributed by atoms with van der Waals surface area (Å²) in [6.07, 6.45) is 1.50. The number of rotatable bonds is 5. The topological polar surface area (TPSA) is 67.8 Å². The van der Waals surface area contributed by atoms with E-state index >= 15 is 0 Å². The molecular formula is C28H28N4O3. The number of piperazine rings is 1. The highest BCUT2D eigenvalue weighted by Gasteiger charge is 2.29. The second-order valence-electron chi connectivity index (χ2n) is 8.83. The van der Waals surface area contributed by atoms with Crippen molar-refractivity contribution < 1.29 is 14.3 Å². The zero-order valence-electron chi connectivity index (χ0n) is 20.1. The summed E-state index contributed by atoms with van der Waals surface area (Å²) < 4.78 is 11.4. The molecule has 35 heavy (non-hydrogen) atoms. The smallest absolute Gasteiger partial charge is 0.254 e. The van der Waals surface area contributed by atoms with Gasteiger partial charge in [-0.25, -0.2) is 9.97 Å². The van der Waals surface area contributed by atoms with Crippen molar-refractivity contribution in [1.29, 1.82) is 0 Å². The Hall–Kier alpha value is -4.13. The summed E-state index contributed by atoms with van der Waals surface area (Å²) in [6, 6.07) is 21.6. The maximum Gasteiger partial charge on any atom is 0.254 e. The molecule has 1 aliphatic rings. The molecule has 0 spiro atoms. The average Bonchev–Trinajstić information content (AvgIpc) is 2.89. The van der Waals surface area contributed by atoms with Gasteiger partial charge in [-0.1, -0.05) is 36.4 Å². The number of amides is 1. The minimum absolute atomic E-state index is 0.0271. The number of methoxy groups -OCH3 is 1. The highest BCUT2D eigenvalue weighted by molar-refractivity contribution is 5.98. The Morgan fingerprint density at radius 2 is 1.77 bits per heavy atom. The monoisotopic (exact) mass is 468 g/mol. The number of aryl methyl sites for hydroxylation is 1. The molecule has 5 rings (SSSR count). The van der Waals surface area contributed by atoms with E-state index in [0.29, 0.717) is 42.6 Å². The number of aromatic nitrogens is 2. The van der Waals surface area contributed by atoms with Crippen LogP contribution in [0.4, 0.5) is 5.82 Å². The van der Waals surface area contributed by atoms with E-state index in [9.17, 15) is 4.79 Å². The molecule has 0 bridgehead atoms. The molecule has 1 aliphatic heterocycles. The summed E-state index contributed by atoms with van der Waals surface area (Å²) in [6.45, 7) is 6.03. The lowest BCUT2D eigenvalue weighted by molar-refractivity contribution is 0.0674. The van der Waals surface area contributed by atoms with Crippen molar-refractivity contribution in [3.63, 3.8) is 0 Å². The number of fused-ring (bicyclic) bond motifs is 1. The molecule has 4 aromatic rings. The molecule has 3 aromatic carbocycles. The molecule has 1 aromatic heterocycles. The van der Waals surface area contributed by atoms with Crippen LogP contribution >= 0.6 is 0 Å². The molecule has 0 aliphatic carbocycles. The fourth-order valence-electron chi connectivity index (χ4n) is 4.49. The van der Waals surface area contributed by atoms with E-state index in [4.69, 9.17) is 9.47 Å². The van der Waals surface area contributed by atoms with Crippen molar-refractivity contribution in [2.45, 2.75) is 19.9 Å². The van der Waals surface area contributed by atoms with Gasteiger partial charge < -0.3 is 19.3 Å². The second-order valence-corrected chi connectivity index (χ2v) is 8.83. The van der Waals surface area contributed by atoms with Gasteiger partial charge in [0.25, 0.3) is 5.91 Å². The van der Waals surface area contributed by atoms with E-state index < -0.39 is 0 Å². The van der Waals surface area contributed by atoms with Crippen molar-refractivity contribution in [1.82, 2.24) is 14.9 Å². The third-order valence-electron chi connectivity index (χ3n) is 6.37. The van der Waals surface area contributed by atoms with Crippen molar-refractivity contribution in [2.24, 2.45) is 0 Å². The number of nitrogens with zero attached hydrogens (tertiary/aromatic N) is 4. The standard InChI is InChI=1S/C28H28N4O3/c1-19-8-11-24(25(14-19)34-3)35-27-16-26(29-18-30-27)31-12-13-32(20(2)17-31)28(33)23-10-9-21-6-4-5-7-22(21)15-23/h4-11,14-16,18,20H,12-13,17H2,1-3H3/t20-/m1/s1. The molecule has 0 unspecified atom stereocenters. The van der Waals surface area contributed by atoms with Gasteiger partial charge >= 0.3 is 0 Å². The molecule has 1 saturated heterocycles. The first-order valence-corrected chi connectivity index (χ1v) is 11.7. The molecule has 178 valence electrons. The van der Waals surface area contributed by atoms with E-state index in [-0.39, 0.29) is 11.9 Å². The Balaban J connectivity index is 1.29. The lowest BCUT2D eigenvalue weighted by Gasteiger charge is -2.40. The number of carbonyl (C=O) groups is 1. The number of benzene rings is 3. The zero-order valence-corrected chi connectivity index (χ0v) is 20.1. The van der Waals surface area contributed by atoms with Crippen LogP contribution in [-0.4, -0.2) is 53.6 Å². The Morgan fingerprint density at radius 3 is 2.57 bits per heavy atom. The number of hydrogen-bond donors (Lipinski definition) is 0. The van der Waals surface area contributed by atoms with Crippen molar-refractivity contribution in [3.05, 3.63) is 84.2 Å². The van der Waals surface area contributed by atoms with E-state index in [1.807, 2.05) is 72.5 Å². The van der Waals surface area contributed by atoms with Crippen LogP contribution in [0.2, 0.25) is 0 Å². The van der Waals surface area contributed by atoms with Crippen LogP contribution in [0.3, 0.4) is 0 Å². The van der Waals surface area contributed by atoms with Crippen LogP contribution in [0.1, 0.15) is 22.8 Å². The van der Waals surface area contributed by atoms with Crippen LogP contribution < -0.4 is 14.4 Å². The highest BCUT2D eigenvalue weighted by atomic mass is 16.5. The van der Waals surface area contributed by atoms with Gasteiger partial charge in [-0.05, 0) is 54.4 Å². The molecule has 0 N–H and O–H groups in total. The van der Waals surface area contributed by atoms with Crippen molar-refractivity contribution >= 4 is 22.5 Å². The van der Waals surface area contributed by atoms with Crippen molar-refractivity contribution in [3.8, 4) is 17.4 Å². The van der Waals surface area contributed by atoms with Gasteiger partial charge in [0.1, 0.15) is 12.1 Å². The number of hydrogen-bond acceptors (Lipinski definition) is 6. The largest absolute Gasteiger partial charge is 0.493 e. The molecule has 7 heteroatoms. The van der Waals surface area contributed by atoms with Crippen LogP contribution in [0, 0.1) is 6.92 Å². The fraction of sp³-hybridized carbons (Fsp3) is 0.250. The molecule has 1 fully saturated rings. The normalized spacial score (nSPS) is 15.8. The first-order valence-electron chi connectivity index (χ1n) is 11.7. The Kier molecular flexibility index (Phi) is 6.23. The summed E-state index contributed by atoms with van der Waals surface area (Å²) in [7, 11) is 1.62. The predicted molar refractivity (Wildman–Crippen MR) is 136 cm³/mol. The molecule has 0 radical (unpaired) electrons. The third-order valence-corrected chi connectivity index (χ3v) is 6.37. The van der Waals surface area contributed by atoms with E-state index in [2.05, 4.69) is 27.9 Å². The third kappa shape index (κ3) is 4.75. The minimum Gasteiger partial charge on any atom is -0.493 e. The number of anilines is 1. The van der Waals surface area contributed by atoms with Gasteiger partial charge in [-0.15, -0.1) is 0 Å². The lowest BCUT2D eigenvalue weighted by atomic mass is 10.0. The molecule has 2 heterocycles. The summed E-state index contributed by atoms with van der Waals surface area (Å²) >= 11 is 0. The van der Waals surface area contributed by atoms with Crippen LogP contribution in [-0.2, 0) is 0 Å². The van der Waals surface area contributed by atoms with Gasteiger partial charge in [-0.2, -0.15) is 0 Å². The summed E-state index contributed by atoms with van der Waals surface area (Å²) in [4.78, 5) is 26.1. The lowest BCUT2D eigenvalue weighted by Crippen LogP contribution is -2.54.